The molecule has 0 aromatic carbocycles. The van der Waals surface area contributed by atoms with Crippen LogP contribution in [-0.4, -0.2) is 71.2 Å². The molecule has 2 saturated heterocycles. The molecule has 2 fully saturated rings. The number of ether oxygens (including phenoxy) is 4. The quantitative estimate of drug-likeness (QED) is 0.598. The summed E-state index contributed by atoms with van der Waals surface area (Å²) in [5.41, 5.74) is 0. The molecule has 0 aromatic rings. The normalized spacial score (nSPS) is 42.3. The Kier molecular flexibility index (Phi) is 4.83. The standard InChI is InChI=1S/C14H23NO8/c1-6(12(17)18)21-11-9(15-7(2)16)13(19)22-10(11)8-5-20-14(3,4)23-8/h6,8-11,13,19H,5H2,1-4H3,(H,15,16)(H,17,18)/t6?,8-,9-,10-,11-,13?/m1/s1/i3D/t6?,8-,9-,10-,11-,13?,14?. The summed E-state index contributed by atoms with van der Waals surface area (Å²) in [4.78, 5) is 22.4. The first kappa shape index (κ1) is 16.6. The van der Waals surface area contributed by atoms with Crippen molar-refractivity contribution in [2.75, 3.05) is 6.61 Å². The fraction of sp³-hybridized carbons (Fsp3) is 0.857. The highest BCUT2D eigenvalue weighted by Gasteiger charge is 2.52. The van der Waals surface area contributed by atoms with E-state index in [1.807, 2.05) is 0 Å². The molecule has 2 rings (SSSR count). The van der Waals surface area contributed by atoms with Gasteiger partial charge in [-0.25, -0.2) is 4.79 Å². The molecule has 9 heteroatoms. The van der Waals surface area contributed by atoms with Crippen LogP contribution >= 0.6 is 0 Å². The second-order valence-corrected chi connectivity index (χ2v) is 5.90. The van der Waals surface area contributed by atoms with E-state index in [1.165, 1.54) is 13.8 Å². The Labute approximate surface area is 135 Å². The molecule has 132 valence electrons. The second kappa shape index (κ2) is 6.70. The molecule has 2 aliphatic rings. The van der Waals surface area contributed by atoms with Gasteiger partial charge < -0.3 is 34.5 Å². The fourth-order valence-electron chi connectivity index (χ4n) is 2.64. The third-order valence-corrected chi connectivity index (χ3v) is 3.68. The third kappa shape index (κ3) is 4.18. The van der Waals surface area contributed by atoms with Gasteiger partial charge in [0.1, 0.15) is 24.4 Å². The molecular weight excluding hydrogens is 310 g/mol. The zero-order valence-electron chi connectivity index (χ0n) is 14.2. The van der Waals surface area contributed by atoms with Gasteiger partial charge in [0.2, 0.25) is 5.91 Å². The summed E-state index contributed by atoms with van der Waals surface area (Å²) in [5.74, 6) is -2.70. The summed E-state index contributed by atoms with van der Waals surface area (Å²) in [5, 5.41) is 21.6. The molecule has 0 saturated carbocycles. The number of rotatable bonds is 5. The van der Waals surface area contributed by atoms with Gasteiger partial charge in [-0.2, -0.15) is 0 Å². The average Bonchev–Trinajstić information content (AvgIpc) is 3.02. The number of hydrogen-bond donors (Lipinski definition) is 3. The maximum absolute atomic E-state index is 11.4. The Balaban J connectivity index is 2.18. The first-order valence-corrected chi connectivity index (χ1v) is 7.27. The van der Waals surface area contributed by atoms with Gasteiger partial charge in [-0.15, -0.1) is 0 Å². The Hall–Kier alpha value is -1.26. The van der Waals surface area contributed by atoms with E-state index in [1.54, 1.807) is 6.92 Å². The summed E-state index contributed by atoms with van der Waals surface area (Å²) in [6.07, 6.45) is -5.02. The van der Waals surface area contributed by atoms with Crippen LogP contribution in [0.2, 0.25) is 0 Å². The number of aliphatic hydroxyl groups excluding tert-OH is 1. The van der Waals surface area contributed by atoms with Crippen molar-refractivity contribution in [3.05, 3.63) is 0 Å². The minimum absolute atomic E-state index is 0.0981. The van der Waals surface area contributed by atoms with Gasteiger partial charge in [0.25, 0.3) is 0 Å². The molecule has 1 amide bonds. The highest BCUT2D eigenvalue weighted by atomic mass is 16.8. The Morgan fingerprint density at radius 2 is 2.22 bits per heavy atom. The molecule has 0 aliphatic carbocycles. The maximum Gasteiger partial charge on any atom is 0.332 e. The van der Waals surface area contributed by atoms with E-state index in [0.717, 1.165) is 0 Å². The van der Waals surface area contributed by atoms with E-state index in [4.69, 9.17) is 25.4 Å². The van der Waals surface area contributed by atoms with Crippen molar-refractivity contribution in [3.63, 3.8) is 0 Å². The van der Waals surface area contributed by atoms with Gasteiger partial charge in [-0.05, 0) is 20.7 Å². The first-order valence-electron chi connectivity index (χ1n) is 7.97. The number of aliphatic hydroxyl groups is 1. The highest BCUT2D eigenvalue weighted by molar-refractivity contribution is 5.73. The van der Waals surface area contributed by atoms with Crippen LogP contribution in [0.25, 0.3) is 0 Å². The summed E-state index contributed by atoms with van der Waals surface area (Å²) in [6, 6.07) is -0.944. The Morgan fingerprint density at radius 3 is 2.74 bits per heavy atom. The zero-order valence-corrected chi connectivity index (χ0v) is 13.2. The minimum Gasteiger partial charge on any atom is -0.479 e. The van der Waals surface area contributed by atoms with Gasteiger partial charge in [0.05, 0.1) is 6.61 Å². The number of amides is 1. The van der Waals surface area contributed by atoms with Crippen LogP contribution in [0.4, 0.5) is 0 Å². The number of aliphatic carboxylic acids is 1. The van der Waals surface area contributed by atoms with Crippen LogP contribution in [0.5, 0.6) is 0 Å². The summed E-state index contributed by atoms with van der Waals surface area (Å²) >= 11 is 0. The number of carbonyl (C=O) groups is 2. The molecular formula is C14H23NO8. The van der Waals surface area contributed by atoms with E-state index in [0.29, 0.717) is 0 Å². The summed E-state index contributed by atoms with van der Waals surface area (Å²) in [7, 11) is 0. The monoisotopic (exact) mass is 334 g/mol. The predicted octanol–water partition coefficient (Wildman–Crippen LogP) is -0.782. The van der Waals surface area contributed by atoms with Crippen LogP contribution in [0.15, 0.2) is 0 Å². The van der Waals surface area contributed by atoms with Crippen molar-refractivity contribution in [2.45, 2.75) is 70.2 Å². The van der Waals surface area contributed by atoms with E-state index < -0.39 is 54.4 Å². The van der Waals surface area contributed by atoms with Gasteiger partial charge in [-0.1, -0.05) is 0 Å². The molecule has 0 radical (unpaired) electrons. The lowest BCUT2D eigenvalue weighted by Gasteiger charge is -2.28. The minimum atomic E-state index is -1.38. The Morgan fingerprint density at radius 1 is 1.52 bits per heavy atom. The van der Waals surface area contributed by atoms with Crippen molar-refractivity contribution in [1.82, 2.24) is 5.32 Å². The van der Waals surface area contributed by atoms with Crippen molar-refractivity contribution >= 4 is 11.9 Å². The van der Waals surface area contributed by atoms with Crippen LogP contribution < -0.4 is 5.32 Å². The van der Waals surface area contributed by atoms with Crippen molar-refractivity contribution in [1.29, 1.82) is 0 Å². The average molecular weight is 334 g/mol. The van der Waals surface area contributed by atoms with Gasteiger partial charge in [0.15, 0.2) is 18.2 Å². The maximum atomic E-state index is 11.4. The van der Waals surface area contributed by atoms with Crippen LogP contribution in [0.1, 0.15) is 29.0 Å². The molecule has 23 heavy (non-hydrogen) atoms. The van der Waals surface area contributed by atoms with Gasteiger partial charge in [0, 0.05) is 8.29 Å². The molecule has 0 spiro atoms. The van der Waals surface area contributed by atoms with Crippen molar-refractivity contribution in [2.24, 2.45) is 0 Å². The number of carbonyl (C=O) groups excluding carboxylic acids is 1. The molecule has 3 N–H and O–H groups in total. The van der Waals surface area contributed by atoms with Crippen molar-refractivity contribution in [3.8, 4) is 0 Å². The first-order chi connectivity index (χ1) is 11.2. The molecule has 7 atom stereocenters. The Bertz CT molecular complexity index is 491. The van der Waals surface area contributed by atoms with E-state index >= 15 is 0 Å². The summed E-state index contributed by atoms with van der Waals surface area (Å²) in [6.45, 7) is 4.18. The number of hydrogen-bond acceptors (Lipinski definition) is 7. The lowest BCUT2D eigenvalue weighted by atomic mass is 10.0. The van der Waals surface area contributed by atoms with Crippen molar-refractivity contribution < 1.29 is 40.1 Å². The SMILES string of the molecule is [2H]CC1(C)OC[C@H]([C@H]2OC(O)[C@H](NC(C)=O)[C@H]2OC(C)C(=O)O)O1. The lowest BCUT2D eigenvalue weighted by Crippen LogP contribution is -2.51. The number of carboxylic acids is 1. The van der Waals surface area contributed by atoms with Crippen LogP contribution in [0.3, 0.4) is 0 Å². The molecule has 3 unspecified atom stereocenters. The highest BCUT2D eigenvalue weighted by Crippen LogP contribution is 2.33. The molecule has 9 nitrogen and oxygen atoms in total. The van der Waals surface area contributed by atoms with E-state index in [-0.39, 0.29) is 13.5 Å². The molecule has 2 heterocycles. The lowest BCUT2D eigenvalue weighted by molar-refractivity contribution is -0.183. The second-order valence-electron chi connectivity index (χ2n) is 5.90. The van der Waals surface area contributed by atoms with E-state index in [9.17, 15) is 14.7 Å². The fourth-order valence-corrected chi connectivity index (χ4v) is 2.64. The zero-order chi connectivity index (χ0) is 18.1. The largest absolute Gasteiger partial charge is 0.479 e. The molecule has 0 aromatic heterocycles. The van der Waals surface area contributed by atoms with Gasteiger partial charge in [-0.3, -0.25) is 4.79 Å². The topological polar surface area (TPSA) is 124 Å². The van der Waals surface area contributed by atoms with E-state index in [2.05, 4.69) is 5.32 Å². The predicted molar refractivity (Wildman–Crippen MR) is 75.4 cm³/mol. The molecule has 0 bridgehead atoms. The molecule has 2 aliphatic heterocycles. The smallest absolute Gasteiger partial charge is 0.332 e. The van der Waals surface area contributed by atoms with Crippen LogP contribution in [0, 0.1) is 0 Å². The number of nitrogens with one attached hydrogen (secondary N) is 1. The number of carboxylic acid groups (broad SMARTS) is 1. The third-order valence-electron chi connectivity index (χ3n) is 3.68. The summed E-state index contributed by atoms with van der Waals surface area (Å²) < 4.78 is 29.5. The van der Waals surface area contributed by atoms with Gasteiger partial charge >= 0.3 is 5.97 Å². The van der Waals surface area contributed by atoms with Crippen LogP contribution in [-0.2, 0) is 28.5 Å².